The number of ether oxygens (including phenoxy) is 1. The number of nitrogens with zero attached hydrogens (tertiary/aromatic N) is 1. The molecule has 0 aliphatic carbocycles. The molecular weight excluding hydrogens is 571 g/mol. The van der Waals surface area contributed by atoms with E-state index < -0.39 is 25.8 Å². The van der Waals surface area contributed by atoms with Crippen molar-refractivity contribution in [1.82, 2.24) is 9.55 Å². The number of nitrogens with one attached hydrogen (secondary N) is 1. The summed E-state index contributed by atoms with van der Waals surface area (Å²) in [6.07, 6.45) is 1.08. The van der Waals surface area contributed by atoms with Crippen LogP contribution in [0.1, 0.15) is 27.0 Å². The second-order valence-electron chi connectivity index (χ2n) is 10.9. The van der Waals surface area contributed by atoms with Crippen LogP contribution in [0.4, 0.5) is 0 Å². The summed E-state index contributed by atoms with van der Waals surface area (Å²) < 4.78 is 16.3. The molecule has 1 unspecified atom stereocenters. The first-order valence-electron chi connectivity index (χ1n) is 13.2. The third-order valence-corrected chi connectivity index (χ3v) is 15.3. The van der Waals surface area contributed by atoms with Gasteiger partial charge < -0.3 is 0 Å². The zero-order valence-electron chi connectivity index (χ0n) is 22.4. The summed E-state index contributed by atoms with van der Waals surface area (Å²) in [6, 6.07) is 33.0. The van der Waals surface area contributed by atoms with E-state index in [1.165, 1.54) is 25.5 Å². The molecule has 2 heterocycles. The maximum absolute atomic E-state index is 12.8. The Hall–Kier alpha value is -3.00. The molecule has 6 nitrogen and oxygen atoms in total. The van der Waals surface area contributed by atoms with Gasteiger partial charge in [0.05, 0.1) is 0 Å². The fourth-order valence-corrected chi connectivity index (χ4v) is 12.8. The minimum atomic E-state index is -2.72. The van der Waals surface area contributed by atoms with E-state index in [9.17, 15) is 9.59 Å². The molecule has 5 rings (SSSR count). The number of benzene rings is 3. The summed E-state index contributed by atoms with van der Waals surface area (Å²) in [4.78, 5) is 26.9. The number of rotatable bonds is 8. The van der Waals surface area contributed by atoms with Crippen molar-refractivity contribution >= 4 is 38.1 Å². The van der Waals surface area contributed by atoms with Crippen LogP contribution in [0, 0.1) is 5.92 Å². The van der Waals surface area contributed by atoms with Crippen LogP contribution in [-0.2, 0) is 9.16 Å². The van der Waals surface area contributed by atoms with Crippen molar-refractivity contribution in [2.45, 2.75) is 36.9 Å². The predicted octanol–water partition coefficient (Wildman–Crippen LogP) is 3.08. The van der Waals surface area contributed by atoms with E-state index >= 15 is 0 Å². The van der Waals surface area contributed by atoms with Gasteiger partial charge in [0.2, 0.25) is 0 Å². The average molecular weight is 606 g/mol. The van der Waals surface area contributed by atoms with Gasteiger partial charge in [-0.2, -0.15) is 0 Å². The molecule has 1 aliphatic rings. The van der Waals surface area contributed by atoms with E-state index in [4.69, 9.17) is 9.16 Å². The molecule has 8 heteroatoms. The molecule has 0 radical (unpaired) electrons. The van der Waals surface area contributed by atoms with Crippen LogP contribution < -0.4 is 26.1 Å². The molecule has 1 fully saturated rings. The summed E-state index contributed by atoms with van der Waals surface area (Å²) in [5, 5.41) is 2.34. The number of hydrogen-bond acceptors (Lipinski definition) is 4. The second-order valence-corrected chi connectivity index (χ2v) is 17.8. The number of H-pyrrole nitrogens is 1. The van der Waals surface area contributed by atoms with Gasteiger partial charge in [0, 0.05) is 0 Å². The van der Waals surface area contributed by atoms with Gasteiger partial charge in [-0.1, -0.05) is 0 Å². The van der Waals surface area contributed by atoms with Crippen molar-refractivity contribution in [3.05, 3.63) is 124 Å². The van der Waals surface area contributed by atoms with Crippen LogP contribution in [0.2, 0.25) is 9.85 Å². The summed E-state index contributed by atoms with van der Waals surface area (Å²) >= 11 is 0.0114. The summed E-state index contributed by atoms with van der Waals surface area (Å²) in [6.45, 7) is 7.82. The van der Waals surface area contributed by atoms with Gasteiger partial charge in [-0.05, 0) is 0 Å². The van der Waals surface area contributed by atoms with Crippen molar-refractivity contribution in [3.63, 3.8) is 0 Å². The molecule has 3 aromatic carbocycles. The van der Waals surface area contributed by atoms with Crippen LogP contribution in [0.25, 0.3) is 0 Å². The third-order valence-electron chi connectivity index (χ3n) is 7.30. The van der Waals surface area contributed by atoms with Crippen molar-refractivity contribution in [2.24, 2.45) is 5.92 Å². The Morgan fingerprint density at radius 1 is 0.897 bits per heavy atom. The SMILES string of the molecule is CC(C)(C)[Si](OC[C@@H]1COC(n2ccc(=O)[nH]c2=O)[C@H]1[Se]c1ccccc1)(c1ccccc1)c1ccccc1. The van der Waals surface area contributed by atoms with Crippen LogP contribution in [0.15, 0.2) is 113 Å². The molecule has 1 aromatic heterocycles. The zero-order valence-corrected chi connectivity index (χ0v) is 25.2. The summed E-state index contributed by atoms with van der Waals surface area (Å²) in [7, 11) is -2.72. The summed E-state index contributed by atoms with van der Waals surface area (Å²) in [5.74, 6) is 0.0793. The molecule has 0 saturated carbocycles. The first kappa shape index (κ1) is 27.6. The molecular formula is C31H34N2O4SeSi. The first-order valence-corrected chi connectivity index (χ1v) is 16.9. The first-order chi connectivity index (χ1) is 18.8. The normalized spacial score (nSPS) is 19.7. The predicted molar refractivity (Wildman–Crippen MR) is 159 cm³/mol. The van der Waals surface area contributed by atoms with Gasteiger partial charge in [-0.25, -0.2) is 0 Å². The van der Waals surface area contributed by atoms with Gasteiger partial charge in [0.1, 0.15) is 0 Å². The second kappa shape index (κ2) is 11.6. The molecule has 0 amide bonds. The fourth-order valence-electron chi connectivity index (χ4n) is 5.46. The van der Waals surface area contributed by atoms with E-state index in [0.717, 1.165) is 0 Å². The van der Waals surface area contributed by atoms with Crippen LogP contribution in [-0.4, -0.2) is 46.0 Å². The van der Waals surface area contributed by atoms with Crippen LogP contribution in [0.3, 0.4) is 0 Å². The Kier molecular flexibility index (Phi) is 8.21. The zero-order chi connectivity index (χ0) is 27.5. The van der Waals surface area contributed by atoms with Gasteiger partial charge >= 0.3 is 237 Å². The quantitative estimate of drug-likeness (QED) is 0.314. The molecule has 1 saturated heterocycles. The molecule has 0 bridgehead atoms. The van der Waals surface area contributed by atoms with Crippen LogP contribution in [0.5, 0.6) is 0 Å². The van der Waals surface area contributed by atoms with Gasteiger partial charge in [-0.3, -0.25) is 0 Å². The average Bonchev–Trinajstić information content (AvgIpc) is 3.32. The monoisotopic (exact) mass is 606 g/mol. The minimum absolute atomic E-state index is 0.0114. The van der Waals surface area contributed by atoms with Crippen molar-refractivity contribution in [2.75, 3.05) is 13.2 Å². The molecule has 1 N–H and O–H groups in total. The van der Waals surface area contributed by atoms with Gasteiger partial charge in [0.15, 0.2) is 0 Å². The van der Waals surface area contributed by atoms with E-state index in [-0.39, 0.29) is 30.7 Å². The Balaban J connectivity index is 1.53. The Morgan fingerprint density at radius 2 is 1.46 bits per heavy atom. The Bertz CT molecular complexity index is 1450. The molecule has 3 atom stereocenters. The third kappa shape index (κ3) is 5.67. The molecule has 39 heavy (non-hydrogen) atoms. The Labute approximate surface area is 236 Å². The maximum atomic E-state index is 12.8. The number of aromatic nitrogens is 2. The van der Waals surface area contributed by atoms with E-state index in [1.807, 2.05) is 30.3 Å². The molecule has 202 valence electrons. The number of aromatic amines is 1. The fraction of sp³-hybridized carbons (Fsp3) is 0.290. The molecule has 4 aromatic rings. The van der Waals surface area contributed by atoms with Gasteiger partial charge in [-0.15, -0.1) is 0 Å². The van der Waals surface area contributed by atoms with Gasteiger partial charge in [0.25, 0.3) is 0 Å². The van der Waals surface area contributed by atoms with E-state index in [0.29, 0.717) is 13.2 Å². The van der Waals surface area contributed by atoms with E-state index in [1.54, 1.807) is 6.20 Å². The summed E-state index contributed by atoms with van der Waals surface area (Å²) in [5.41, 5.74) is -0.860. The molecule has 0 spiro atoms. The topological polar surface area (TPSA) is 73.3 Å². The van der Waals surface area contributed by atoms with Crippen LogP contribution >= 0.6 is 0 Å². The number of hydrogen-bond donors (Lipinski definition) is 1. The molecule has 1 aliphatic heterocycles. The van der Waals surface area contributed by atoms with Crippen molar-refractivity contribution < 1.29 is 9.16 Å². The van der Waals surface area contributed by atoms with Crippen molar-refractivity contribution in [3.8, 4) is 0 Å². The standard InChI is InChI=1S/C31H34N2O4SeSi/c1-31(2,3)39(25-15-9-5-10-16-25,26-17-11-6-12-18-26)37-22-23-21-36-29(33-20-19-27(34)32-30(33)35)28(23)38-24-13-7-4-8-14-24/h4-20,23,28-29H,21-22H2,1-3H3,(H,32,34,35)/t23-,28-,29?/m0/s1. The Morgan fingerprint density at radius 3 is 2.00 bits per heavy atom. The van der Waals surface area contributed by atoms with Crippen molar-refractivity contribution in [1.29, 1.82) is 0 Å². The van der Waals surface area contributed by atoms with E-state index in [2.05, 4.69) is 86.4 Å².